The zero-order valence-electron chi connectivity index (χ0n) is 19.4. The van der Waals surface area contributed by atoms with E-state index in [2.05, 4.69) is 4.57 Å². The van der Waals surface area contributed by atoms with E-state index < -0.39 is 23.8 Å². The second-order valence-corrected chi connectivity index (χ2v) is 8.52. The van der Waals surface area contributed by atoms with Gasteiger partial charge in [0, 0.05) is 23.5 Å². The van der Waals surface area contributed by atoms with Crippen LogP contribution in [0.2, 0.25) is 0 Å². The Kier molecular flexibility index (Phi) is 7.82. The molecule has 0 radical (unpaired) electrons. The van der Waals surface area contributed by atoms with Crippen LogP contribution in [0.1, 0.15) is 57.3 Å². The Morgan fingerprint density at radius 1 is 0.900 bits per heavy atom. The van der Waals surface area contributed by atoms with Crippen molar-refractivity contribution in [2.75, 3.05) is 0 Å². The van der Waals surface area contributed by atoms with Gasteiger partial charge in [-0.15, -0.1) is 0 Å². The molecule has 0 fully saturated rings. The van der Waals surface area contributed by atoms with Gasteiger partial charge in [0.15, 0.2) is 0 Å². The topological polar surface area (TPSA) is 70.4 Å². The number of hydrogen-bond donors (Lipinski definition) is 0. The van der Waals surface area contributed by atoms with Gasteiger partial charge in [-0.2, -0.15) is 0 Å². The number of esters is 2. The van der Waals surface area contributed by atoms with Crippen molar-refractivity contribution in [1.82, 2.24) is 9.55 Å². The van der Waals surface area contributed by atoms with Crippen LogP contribution in [0.4, 0.5) is 0 Å². The van der Waals surface area contributed by atoms with Crippen LogP contribution in [0.3, 0.4) is 0 Å². The largest absolute Gasteiger partial charge is 0.463 e. The molecule has 0 N–H and O–H groups in total. The van der Waals surface area contributed by atoms with E-state index in [-0.39, 0.29) is 12.2 Å². The van der Waals surface area contributed by atoms with E-state index in [4.69, 9.17) is 14.5 Å². The summed E-state index contributed by atoms with van der Waals surface area (Å²) in [6.07, 6.45) is -0.210. The van der Waals surface area contributed by atoms with Gasteiger partial charge in [0.2, 0.25) is 0 Å². The average molecular weight is 415 g/mol. The maximum atomic E-state index is 12.8. The molecule has 2 atom stereocenters. The molecular formula is C24H34N2O4. The van der Waals surface area contributed by atoms with Crippen LogP contribution >= 0.6 is 0 Å². The molecule has 0 saturated heterocycles. The van der Waals surface area contributed by atoms with Gasteiger partial charge in [0.05, 0.1) is 24.0 Å². The van der Waals surface area contributed by atoms with Crippen LogP contribution in [-0.4, -0.2) is 33.7 Å². The Morgan fingerprint density at radius 3 is 1.97 bits per heavy atom. The fourth-order valence-electron chi connectivity index (χ4n) is 3.48. The molecule has 2 aromatic rings. The molecule has 1 unspecified atom stereocenters. The molecule has 0 amide bonds. The second kappa shape index (κ2) is 9.92. The SMILES string of the molecule is Cc1cc(C[C@H](C(=O)OC(C)C)C(C)C(=O)OC(C)C)nc(-n2c(C)ccc2C)c1. The highest BCUT2D eigenvalue weighted by Gasteiger charge is 2.34. The molecule has 6 heteroatoms. The van der Waals surface area contributed by atoms with Crippen molar-refractivity contribution in [3.8, 4) is 5.82 Å². The quantitative estimate of drug-likeness (QED) is 0.595. The minimum Gasteiger partial charge on any atom is -0.463 e. The van der Waals surface area contributed by atoms with E-state index in [9.17, 15) is 9.59 Å². The lowest BCUT2D eigenvalue weighted by Crippen LogP contribution is -2.34. The number of ether oxygens (including phenoxy) is 2. The Morgan fingerprint density at radius 2 is 1.43 bits per heavy atom. The lowest BCUT2D eigenvalue weighted by molar-refractivity contribution is -0.164. The van der Waals surface area contributed by atoms with Crippen LogP contribution in [0.15, 0.2) is 24.3 Å². The summed E-state index contributed by atoms with van der Waals surface area (Å²) < 4.78 is 12.9. The van der Waals surface area contributed by atoms with E-state index in [0.29, 0.717) is 6.42 Å². The molecule has 0 aliphatic carbocycles. The Bertz CT molecular complexity index is 879. The molecule has 0 saturated carbocycles. The predicted octanol–water partition coefficient (Wildman–Crippen LogP) is 4.50. The molecule has 0 aliphatic heterocycles. The van der Waals surface area contributed by atoms with E-state index in [1.807, 2.05) is 45.0 Å². The number of nitrogens with zero attached hydrogens (tertiary/aromatic N) is 2. The van der Waals surface area contributed by atoms with Gasteiger partial charge >= 0.3 is 11.9 Å². The van der Waals surface area contributed by atoms with E-state index >= 15 is 0 Å². The molecule has 30 heavy (non-hydrogen) atoms. The molecule has 2 aromatic heterocycles. The summed E-state index contributed by atoms with van der Waals surface area (Å²) in [5, 5.41) is 0. The van der Waals surface area contributed by atoms with Crippen LogP contribution in [0, 0.1) is 32.6 Å². The molecule has 0 bridgehead atoms. The lowest BCUT2D eigenvalue weighted by atomic mass is 9.89. The van der Waals surface area contributed by atoms with Crippen molar-refractivity contribution < 1.29 is 19.1 Å². The van der Waals surface area contributed by atoms with Crippen LogP contribution in [0.5, 0.6) is 0 Å². The first-order valence-electron chi connectivity index (χ1n) is 10.5. The monoisotopic (exact) mass is 414 g/mol. The lowest BCUT2D eigenvalue weighted by Gasteiger charge is -2.23. The maximum absolute atomic E-state index is 12.8. The molecule has 2 rings (SSSR count). The van der Waals surface area contributed by atoms with Gasteiger partial charge in [-0.05, 0) is 78.3 Å². The first-order valence-corrected chi connectivity index (χ1v) is 10.5. The Balaban J connectivity index is 2.39. The number of hydrogen-bond acceptors (Lipinski definition) is 5. The zero-order chi connectivity index (χ0) is 22.6. The van der Waals surface area contributed by atoms with E-state index in [1.54, 1.807) is 34.6 Å². The average Bonchev–Trinajstić information content (AvgIpc) is 2.95. The van der Waals surface area contributed by atoms with Gasteiger partial charge in [0.25, 0.3) is 0 Å². The van der Waals surface area contributed by atoms with Crippen molar-refractivity contribution in [1.29, 1.82) is 0 Å². The number of carbonyl (C=O) groups excluding carboxylic acids is 2. The third-order valence-electron chi connectivity index (χ3n) is 4.92. The maximum Gasteiger partial charge on any atom is 0.310 e. The number of carbonyl (C=O) groups is 2. The van der Waals surface area contributed by atoms with Crippen molar-refractivity contribution in [3.63, 3.8) is 0 Å². The minimum atomic E-state index is -0.673. The van der Waals surface area contributed by atoms with Crippen molar-refractivity contribution in [2.45, 2.75) is 74.0 Å². The molecule has 0 spiro atoms. The molecule has 0 aromatic carbocycles. The molecular weight excluding hydrogens is 380 g/mol. The predicted molar refractivity (Wildman–Crippen MR) is 117 cm³/mol. The summed E-state index contributed by atoms with van der Waals surface area (Å²) in [6, 6.07) is 8.06. The van der Waals surface area contributed by atoms with Crippen LogP contribution < -0.4 is 0 Å². The normalized spacial score (nSPS) is 13.4. The zero-order valence-corrected chi connectivity index (χ0v) is 19.4. The third-order valence-corrected chi connectivity index (χ3v) is 4.92. The van der Waals surface area contributed by atoms with Crippen molar-refractivity contribution in [3.05, 3.63) is 46.9 Å². The van der Waals surface area contributed by atoms with Crippen molar-refractivity contribution >= 4 is 11.9 Å². The summed E-state index contributed by atoms with van der Waals surface area (Å²) >= 11 is 0. The summed E-state index contributed by atoms with van der Waals surface area (Å²) in [6.45, 7) is 15.0. The highest BCUT2D eigenvalue weighted by Crippen LogP contribution is 2.24. The van der Waals surface area contributed by atoms with Crippen LogP contribution in [0.25, 0.3) is 5.82 Å². The molecule has 0 aliphatic rings. The third kappa shape index (κ3) is 5.94. The summed E-state index contributed by atoms with van der Waals surface area (Å²) in [5.74, 6) is -1.32. The summed E-state index contributed by atoms with van der Waals surface area (Å²) in [7, 11) is 0. The summed E-state index contributed by atoms with van der Waals surface area (Å²) in [4.78, 5) is 30.2. The molecule has 6 nitrogen and oxygen atoms in total. The number of pyridine rings is 1. The van der Waals surface area contributed by atoms with Gasteiger partial charge < -0.3 is 14.0 Å². The van der Waals surface area contributed by atoms with Crippen molar-refractivity contribution in [2.24, 2.45) is 11.8 Å². The van der Waals surface area contributed by atoms with Gasteiger partial charge in [-0.25, -0.2) is 4.98 Å². The first-order chi connectivity index (χ1) is 14.0. The first kappa shape index (κ1) is 23.6. The highest BCUT2D eigenvalue weighted by atomic mass is 16.5. The number of rotatable bonds is 8. The fourth-order valence-corrected chi connectivity index (χ4v) is 3.48. The van der Waals surface area contributed by atoms with Gasteiger partial charge in [-0.3, -0.25) is 9.59 Å². The number of aryl methyl sites for hydroxylation is 3. The minimum absolute atomic E-state index is 0.245. The summed E-state index contributed by atoms with van der Waals surface area (Å²) in [5.41, 5.74) is 3.95. The van der Waals surface area contributed by atoms with Gasteiger partial charge in [-0.1, -0.05) is 6.92 Å². The second-order valence-electron chi connectivity index (χ2n) is 8.52. The number of aromatic nitrogens is 2. The van der Waals surface area contributed by atoms with Crippen LogP contribution in [-0.2, 0) is 25.5 Å². The highest BCUT2D eigenvalue weighted by molar-refractivity contribution is 5.82. The standard InChI is InChI=1S/C24H34N2O4/c1-14(2)29-23(27)19(8)21(24(28)30-15(3)4)13-20-11-16(5)12-22(25-20)26-17(6)9-10-18(26)7/h9-12,14-15,19,21H,13H2,1-8H3/t19?,21-/m0/s1. The molecule has 2 heterocycles. The fraction of sp³-hybridized carbons (Fsp3) is 0.542. The Labute approximate surface area is 179 Å². The smallest absolute Gasteiger partial charge is 0.310 e. The Hall–Kier alpha value is -2.63. The molecule has 164 valence electrons. The van der Waals surface area contributed by atoms with Gasteiger partial charge in [0.1, 0.15) is 5.82 Å². The van der Waals surface area contributed by atoms with E-state index in [0.717, 1.165) is 28.5 Å². The van der Waals surface area contributed by atoms with E-state index in [1.165, 1.54) is 0 Å².